The van der Waals surface area contributed by atoms with E-state index < -0.39 is 0 Å². The fourth-order valence-corrected chi connectivity index (χ4v) is 2.44. The zero-order valence-corrected chi connectivity index (χ0v) is 10.9. The lowest BCUT2D eigenvalue weighted by molar-refractivity contribution is -0.117. The molecule has 0 bridgehead atoms. The molecule has 1 fully saturated rings. The van der Waals surface area contributed by atoms with Gasteiger partial charge in [0.05, 0.1) is 5.54 Å². The number of amides is 1. The van der Waals surface area contributed by atoms with Gasteiger partial charge in [0.25, 0.3) is 0 Å². The first kappa shape index (κ1) is 12.1. The maximum absolute atomic E-state index is 12.1. The molecule has 1 unspecified atom stereocenters. The number of carbonyl (C=O) groups excluding carboxylic acids is 1. The number of aryl methyl sites for hydroxylation is 1. The van der Waals surface area contributed by atoms with E-state index in [-0.39, 0.29) is 17.5 Å². The van der Waals surface area contributed by atoms with Crippen LogP contribution in [0.25, 0.3) is 0 Å². The average molecular weight is 232 g/mol. The van der Waals surface area contributed by atoms with Crippen molar-refractivity contribution in [2.75, 3.05) is 4.90 Å². The van der Waals surface area contributed by atoms with Gasteiger partial charge in [0.1, 0.15) is 0 Å². The van der Waals surface area contributed by atoms with E-state index in [0.717, 1.165) is 11.3 Å². The Morgan fingerprint density at radius 3 is 2.53 bits per heavy atom. The Labute approximate surface area is 103 Å². The lowest BCUT2D eigenvalue weighted by Crippen LogP contribution is -2.50. The molecule has 0 spiro atoms. The molecular weight excluding hydrogens is 212 g/mol. The van der Waals surface area contributed by atoms with Gasteiger partial charge in [0, 0.05) is 18.2 Å². The molecule has 1 amide bonds. The van der Waals surface area contributed by atoms with Crippen LogP contribution < -0.4 is 10.6 Å². The van der Waals surface area contributed by atoms with Crippen LogP contribution in [-0.2, 0) is 4.79 Å². The summed E-state index contributed by atoms with van der Waals surface area (Å²) in [5, 5.41) is 0. The third kappa shape index (κ3) is 1.75. The fraction of sp³-hybridized carbons (Fsp3) is 0.500. The van der Waals surface area contributed by atoms with Gasteiger partial charge in [0.15, 0.2) is 0 Å². The second-order valence-corrected chi connectivity index (χ2v) is 5.41. The maximum Gasteiger partial charge on any atom is 0.229 e. The topological polar surface area (TPSA) is 46.3 Å². The summed E-state index contributed by atoms with van der Waals surface area (Å²) >= 11 is 0. The fourth-order valence-electron chi connectivity index (χ4n) is 2.44. The molecule has 0 aliphatic carbocycles. The number of rotatable bonds is 1. The number of hydrogen-bond donors (Lipinski definition) is 1. The molecule has 2 N–H and O–H groups in total. The largest absolute Gasteiger partial charge is 0.325 e. The van der Waals surface area contributed by atoms with Crippen LogP contribution in [0, 0.1) is 13.8 Å². The zero-order valence-electron chi connectivity index (χ0n) is 10.9. The summed E-state index contributed by atoms with van der Waals surface area (Å²) in [7, 11) is 0. The molecule has 1 aromatic rings. The van der Waals surface area contributed by atoms with Crippen molar-refractivity contribution in [3.05, 3.63) is 29.3 Å². The molecule has 3 nitrogen and oxygen atoms in total. The highest BCUT2D eigenvalue weighted by Crippen LogP contribution is 2.36. The summed E-state index contributed by atoms with van der Waals surface area (Å²) in [5.74, 6) is 0.121. The molecular formula is C14H20N2O. The first-order valence-electron chi connectivity index (χ1n) is 6.00. The highest BCUT2D eigenvalue weighted by atomic mass is 16.2. The Kier molecular flexibility index (Phi) is 2.74. The van der Waals surface area contributed by atoms with Crippen LogP contribution in [-0.4, -0.2) is 17.5 Å². The van der Waals surface area contributed by atoms with Crippen LogP contribution in [0.1, 0.15) is 31.4 Å². The Morgan fingerprint density at radius 1 is 1.35 bits per heavy atom. The predicted molar refractivity (Wildman–Crippen MR) is 70.1 cm³/mol. The lowest BCUT2D eigenvalue weighted by Gasteiger charge is -2.35. The minimum Gasteiger partial charge on any atom is -0.325 e. The maximum atomic E-state index is 12.1. The normalized spacial score (nSPS) is 23.2. The molecule has 1 saturated heterocycles. The standard InChI is InChI=1S/C14H20N2O/c1-9-6-5-7-11(10(9)2)16-13(17)8-12(15)14(16,3)4/h5-7,12H,8,15H2,1-4H3. The smallest absolute Gasteiger partial charge is 0.229 e. The van der Waals surface area contributed by atoms with E-state index >= 15 is 0 Å². The first-order valence-corrected chi connectivity index (χ1v) is 6.00. The van der Waals surface area contributed by atoms with Crippen molar-refractivity contribution < 1.29 is 4.79 Å². The number of nitrogens with two attached hydrogens (primary N) is 1. The lowest BCUT2D eigenvalue weighted by atomic mass is 9.95. The third-order valence-electron chi connectivity index (χ3n) is 3.94. The Bertz CT molecular complexity index is 465. The second-order valence-electron chi connectivity index (χ2n) is 5.41. The van der Waals surface area contributed by atoms with Gasteiger partial charge in [0.2, 0.25) is 5.91 Å². The van der Waals surface area contributed by atoms with Crippen LogP contribution in [0.4, 0.5) is 5.69 Å². The SMILES string of the molecule is Cc1cccc(N2C(=O)CC(N)C2(C)C)c1C. The van der Waals surface area contributed by atoms with Gasteiger partial charge in [-0.1, -0.05) is 12.1 Å². The third-order valence-corrected chi connectivity index (χ3v) is 3.94. The summed E-state index contributed by atoms with van der Waals surface area (Å²) in [6, 6.07) is 5.95. The molecule has 1 aliphatic heterocycles. The van der Waals surface area contributed by atoms with Crippen LogP contribution in [0.15, 0.2) is 18.2 Å². The summed E-state index contributed by atoms with van der Waals surface area (Å²) in [6.07, 6.45) is 0.431. The number of carbonyl (C=O) groups is 1. The molecule has 0 saturated carbocycles. The van der Waals surface area contributed by atoms with E-state index in [1.165, 1.54) is 5.56 Å². The van der Waals surface area contributed by atoms with Gasteiger partial charge in [-0.05, 0) is 44.9 Å². The number of anilines is 1. The molecule has 1 atom stereocenters. The number of hydrogen-bond acceptors (Lipinski definition) is 2. The van der Waals surface area contributed by atoms with Crippen molar-refractivity contribution in [3.63, 3.8) is 0 Å². The molecule has 1 heterocycles. The molecule has 1 aromatic carbocycles. The molecule has 17 heavy (non-hydrogen) atoms. The van der Waals surface area contributed by atoms with Gasteiger partial charge in [-0.2, -0.15) is 0 Å². The van der Waals surface area contributed by atoms with Crippen molar-refractivity contribution in [2.45, 2.75) is 45.7 Å². The Hall–Kier alpha value is -1.35. The van der Waals surface area contributed by atoms with Gasteiger partial charge in [-0.3, -0.25) is 4.79 Å². The number of nitrogens with zero attached hydrogens (tertiary/aromatic N) is 1. The van der Waals surface area contributed by atoms with Crippen molar-refractivity contribution in [1.82, 2.24) is 0 Å². The van der Waals surface area contributed by atoms with Crippen LogP contribution in [0.5, 0.6) is 0 Å². The molecule has 92 valence electrons. The zero-order chi connectivity index (χ0) is 12.8. The monoisotopic (exact) mass is 232 g/mol. The van der Waals surface area contributed by atoms with Gasteiger partial charge >= 0.3 is 0 Å². The van der Waals surface area contributed by atoms with E-state index in [4.69, 9.17) is 5.73 Å². The minimum atomic E-state index is -0.310. The molecule has 1 aliphatic rings. The van der Waals surface area contributed by atoms with Crippen LogP contribution in [0.3, 0.4) is 0 Å². The highest BCUT2D eigenvalue weighted by Gasteiger charge is 2.45. The molecule has 0 radical (unpaired) electrons. The van der Waals surface area contributed by atoms with E-state index in [2.05, 4.69) is 19.9 Å². The second kappa shape index (κ2) is 3.84. The molecule has 2 rings (SSSR count). The van der Waals surface area contributed by atoms with E-state index in [1.807, 2.05) is 30.9 Å². The average Bonchev–Trinajstić information content (AvgIpc) is 2.42. The Balaban J connectivity index is 2.53. The predicted octanol–water partition coefficient (Wildman–Crippen LogP) is 2.15. The van der Waals surface area contributed by atoms with Crippen molar-refractivity contribution in [3.8, 4) is 0 Å². The first-order chi connectivity index (χ1) is 7.85. The number of benzene rings is 1. The van der Waals surface area contributed by atoms with Crippen molar-refractivity contribution >= 4 is 11.6 Å². The quantitative estimate of drug-likeness (QED) is 0.806. The van der Waals surface area contributed by atoms with Crippen LogP contribution >= 0.6 is 0 Å². The van der Waals surface area contributed by atoms with E-state index in [0.29, 0.717) is 6.42 Å². The van der Waals surface area contributed by atoms with Gasteiger partial charge < -0.3 is 10.6 Å². The summed E-state index contributed by atoms with van der Waals surface area (Å²) in [6.45, 7) is 8.18. The van der Waals surface area contributed by atoms with E-state index in [9.17, 15) is 4.79 Å². The Morgan fingerprint density at radius 2 is 2.00 bits per heavy atom. The van der Waals surface area contributed by atoms with Gasteiger partial charge in [-0.15, -0.1) is 0 Å². The molecule has 3 heteroatoms. The highest BCUT2D eigenvalue weighted by molar-refractivity contribution is 5.99. The van der Waals surface area contributed by atoms with Crippen molar-refractivity contribution in [1.29, 1.82) is 0 Å². The summed E-state index contributed by atoms with van der Waals surface area (Å²) in [5.41, 5.74) is 9.10. The van der Waals surface area contributed by atoms with Crippen molar-refractivity contribution in [2.24, 2.45) is 5.73 Å². The minimum absolute atomic E-state index is 0.102. The molecule has 0 aromatic heterocycles. The van der Waals surface area contributed by atoms with E-state index in [1.54, 1.807) is 0 Å². The van der Waals surface area contributed by atoms with Crippen LogP contribution in [0.2, 0.25) is 0 Å². The van der Waals surface area contributed by atoms with Gasteiger partial charge in [-0.25, -0.2) is 0 Å². The summed E-state index contributed by atoms with van der Waals surface area (Å²) in [4.78, 5) is 14.0. The summed E-state index contributed by atoms with van der Waals surface area (Å²) < 4.78 is 0.